The van der Waals surface area contributed by atoms with Crippen molar-refractivity contribution in [2.24, 2.45) is 5.73 Å². The van der Waals surface area contributed by atoms with Crippen molar-refractivity contribution < 1.29 is 9.53 Å². The Labute approximate surface area is 164 Å². The van der Waals surface area contributed by atoms with E-state index < -0.39 is 6.04 Å². The van der Waals surface area contributed by atoms with Crippen molar-refractivity contribution in [3.8, 4) is 11.3 Å². The highest BCUT2D eigenvalue weighted by Gasteiger charge is 2.25. The second-order valence-electron chi connectivity index (χ2n) is 7.22. The normalized spacial score (nSPS) is 16.1. The number of carbonyl (C=O) groups is 1. The number of rotatable bonds is 4. The zero-order valence-corrected chi connectivity index (χ0v) is 15.9. The van der Waals surface area contributed by atoms with E-state index in [1.807, 2.05) is 18.2 Å². The third-order valence-corrected chi connectivity index (χ3v) is 5.07. The molecule has 3 aromatic rings. The summed E-state index contributed by atoms with van der Waals surface area (Å²) in [6.45, 7) is 3.14. The predicted octanol–water partition coefficient (Wildman–Crippen LogP) is 3.16. The van der Waals surface area contributed by atoms with Gasteiger partial charge in [0.1, 0.15) is 12.1 Å². The SMILES string of the molecule is C[C@@H](N)C(=O)OC1CCN(c2nccc(-c3ccc4ccccc4c3)n2)CC1. The van der Waals surface area contributed by atoms with Crippen LogP contribution in [0.4, 0.5) is 5.95 Å². The number of nitrogens with zero attached hydrogens (tertiary/aromatic N) is 3. The summed E-state index contributed by atoms with van der Waals surface area (Å²) in [6.07, 6.45) is 3.22. The van der Waals surface area contributed by atoms with Gasteiger partial charge in [0.25, 0.3) is 0 Å². The van der Waals surface area contributed by atoms with Gasteiger partial charge in [0.15, 0.2) is 0 Å². The van der Waals surface area contributed by atoms with Crippen LogP contribution in [-0.2, 0) is 9.53 Å². The number of anilines is 1. The van der Waals surface area contributed by atoms with Crippen LogP contribution in [0, 0.1) is 0 Å². The van der Waals surface area contributed by atoms with Gasteiger partial charge in [0, 0.05) is 37.7 Å². The smallest absolute Gasteiger partial charge is 0.322 e. The zero-order valence-electron chi connectivity index (χ0n) is 15.9. The maximum absolute atomic E-state index is 11.7. The Hall–Kier alpha value is -2.99. The number of benzene rings is 2. The van der Waals surface area contributed by atoms with Crippen LogP contribution < -0.4 is 10.6 Å². The molecular weight excluding hydrogens is 352 g/mol. The highest BCUT2D eigenvalue weighted by molar-refractivity contribution is 5.86. The summed E-state index contributed by atoms with van der Waals surface area (Å²) in [5, 5.41) is 2.40. The molecule has 28 heavy (non-hydrogen) atoms. The Kier molecular flexibility index (Phi) is 5.21. The third-order valence-electron chi connectivity index (χ3n) is 5.07. The van der Waals surface area contributed by atoms with E-state index in [1.54, 1.807) is 13.1 Å². The van der Waals surface area contributed by atoms with Crippen molar-refractivity contribution >= 4 is 22.7 Å². The van der Waals surface area contributed by atoms with Crippen molar-refractivity contribution in [1.82, 2.24) is 9.97 Å². The molecule has 1 aliphatic rings. The molecule has 0 radical (unpaired) electrons. The molecule has 4 rings (SSSR count). The molecule has 144 valence electrons. The number of hydrogen-bond donors (Lipinski definition) is 1. The summed E-state index contributed by atoms with van der Waals surface area (Å²) in [7, 11) is 0. The van der Waals surface area contributed by atoms with Gasteiger partial charge in [-0.1, -0.05) is 36.4 Å². The van der Waals surface area contributed by atoms with Crippen LogP contribution in [-0.4, -0.2) is 41.2 Å². The summed E-state index contributed by atoms with van der Waals surface area (Å²) in [5.74, 6) is 0.371. The number of ether oxygens (including phenoxy) is 1. The molecule has 0 saturated carbocycles. The topological polar surface area (TPSA) is 81.3 Å². The minimum absolute atomic E-state index is 0.0848. The molecule has 6 heteroatoms. The first-order chi connectivity index (χ1) is 13.6. The van der Waals surface area contributed by atoms with Crippen LogP contribution in [0.1, 0.15) is 19.8 Å². The van der Waals surface area contributed by atoms with Gasteiger partial charge >= 0.3 is 5.97 Å². The third kappa shape index (κ3) is 3.97. The molecule has 1 atom stereocenters. The summed E-state index contributed by atoms with van der Waals surface area (Å²) in [5.41, 5.74) is 7.55. The van der Waals surface area contributed by atoms with Crippen molar-refractivity contribution in [3.05, 3.63) is 54.7 Å². The van der Waals surface area contributed by atoms with Crippen molar-refractivity contribution in [2.45, 2.75) is 31.9 Å². The first kappa shape index (κ1) is 18.4. The number of nitrogens with two attached hydrogens (primary N) is 1. The molecule has 0 spiro atoms. The number of carbonyl (C=O) groups excluding carboxylic acids is 1. The summed E-state index contributed by atoms with van der Waals surface area (Å²) in [4.78, 5) is 23.0. The largest absolute Gasteiger partial charge is 0.461 e. The van der Waals surface area contributed by atoms with Gasteiger partial charge in [-0.3, -0.25) is 4.79 Å². The Balaban J connectivity index is 1.47. The Morgan fingerprint density at radius 1 is 1.14 bits per heavy atom. The number of fused-ring (bicyclic) bond motifs is 1. The molecule has 1 aromatic heterocycles. The highest BCUT2D eigenvalue weighted by Crippen LogP contribution is 2.25. The van der Waals surface area contributed by atoms with Crippen LogP contribution in [0.3, 0.4) is 0 Å². The van der Waals surface area contributed by atoms with Crippen molar-refractivity contribution in [3.63, 3.8) is 0 Å². The molecule has 1 aliphatic heterocycles. The average Bonchev–Trinajstić information content (AvgIpc) is 2.74. The van der Waals surface area contributed by atoms with Gasteiger partial charge in [0.2, 0.25) is 5.95 Å². The fourth-order valence-electron chi connectivity index (χ4n) is 3.46. The van der Waals surface area contributed by atoms with Crippen LogP contribution >= 0.6 is 0 Å². The summed E-state index contributed by atoms with van der Waals surface area (Å²) >= 11 is 0. The number of esters is 1. The van der Waals surface area contributed by atoms with Crippen molar-refractivity contribution in [1.29, 1.82) is 0 Å². The quantitative estimate of drug-likeness (QED) is 0.705. The van der Waals surface area contributed by atoms with Gasteiger partial charge in [-0.15, -0.1) is 0 Å². The minimum atomic E-state index is -0.583. The van der Waals surface area contributed by atoms with Gasteiger partial charge in [-0.25, -0.2) is 9.97 Å². The molecule has 1 saturated heterocycles. The van der Waals surface area contributed by atoms with Crippen molar-refractivity contribution in [2.75, 3.05) is 18.0 Å². The second kappa shape index (κ2) is 7.94. The van der Waals surface area contributed by atoms with Crippen LogP contribution in [0.2, 0.25) is 0 Å². The average molecular weight is 376 g/mol. The molecule has 2 heterocycles. The number of piperidine rings is 1. The van der Waals surface area contributed by atoms with Gasteiger partial charge in [0.05, 0.1) is 5.69 Å². The standard InChI is InChI=1S/C22H24N4O2/c1-15(23)21(27)28-19-9-12-26(13-10-19)22-24-11-8-20(25-22)18-7-6-16-4-2-3-5-17(16)14-18/h2-8,11,14-15,19H,9-10,12-13,23H2,1H3/t15-/m1/s1. The zero-order chi connectivity index (χ0) is 19.5. The van der Waals surface area contributed by atoms with Gasteiger partial charge in [-0.2, -0.15) is 0 Å². The number of aromatic nitrogens is 2. The van der Waals surface area contributed by atoms with E-state index in [0.717, 1.165) is 37.2 Å². The highest BCUT2D eigenvalue weighted by atomic mass is 16.5. The fraction of sp³-hybridized carbons (Fsp3) is 0.318. The fourth-order valence-corrected chi connectivity index (χ4v) is 3.46. The molecule has 1 fully saturated rings. The lowest BCUT2D eigenvalue weighted by Crippen LogP contribution is -2.41. The molecule has 2 aromatic carbocycles. The van der Waals surface area contributed by atoms with Crippen LogP contribution in [0.15, 0.2) is 54.7 Å². The van der Waals surface area contributed by atoms with Gasteiger partial charge < -0.3 is 15.4 Å². The van der Waals surface area contributed by atoms with E-state index in [2.05, 4.69) is 40.2 Å². The minimum Gasteiger partial charge on any atom is -0.461 e. The lowest BCUT2D eigenvalue weighted by molar-refractivity contribution is -0.151. The van der Waals surface area contributed by atoms with E-state index in [1.165, 1.54) is 10.8 Å². The lowest BCUT2D eigenvalue weighted by atomic mass is 10.1. The maximum Gasteiger partial charge on any atom is 0.322 e. The Morgan fingerprint density at radius 2 is 1.89 bits per heavy atom. The first-order valence-corrected chi connectivity index (χ1v) is 9.63. The molecule has 0 unspecified atom stereocenters. The lowest BCUT2D eigenvalue weighted by Gasteiger charge is -2.32. The maximum atomic E-state index is 11.7. The number of hydrogen-bond acceptors (Lipinski definition) is 6. The van der Waals surface area contributed by atoms with Crippen LogP contribution in [0.5, 0.6) is 0 Å². The molecule has 2 N–H and O–H groups in total. The molecule has 0 bridgehead atoms. The van der Waals surface area contributed by atoms with E-state index in [0.29, 0.717) is 5.95 Å². The molecular formula is C22H24N4O2. The van der Waals surface area contributed by atoms with E-state index in [4.69, 9.17) is 15.5 Å². The van der Waals surface area contributed by atoms with E-state index in [9.17, 15) is 4.79 Å². The van der Waals surface area contributed by atoms with Crippen LogP contribution in [0.25, 0.3) is 22.0 Å². The van der Waals surface area contributed by atoms with E-state index >= 15 is 0 Å². The molecule has 6 nitrogen and oxygen atoms in total. The second-order valence-corrected chi connectivity index (χ2v) is 7.22. The Bertz CT molecular complexity index is 981. The summed E-state index contributed by atoms with van der Waals surface area (Å²) in [6, 6.07) is 16.0. The van der Waals surface area contributed by atoms with Gasteiger partial charge in [-0.05, 0) is 29.8 Å². The molecule has 0 aliphatic carbocycles. The first-order valence-electron chi connectivity index (χ1n) is 9.63. The Morgan fingerprint density at radius 3 is 2.64 bits per heavy atom. The monoisotopic (exact) mass is 376 g/mol. The van der Waals surface area contributed by atoms with E-state index in [-0.39, 0.29) is 12.1 Å². The molecule has 0 amide bonds. The summed E-state index contributed by atoms with van der Waals surface area (Å²) < 4.78 is 5.44. The predicted molar refractivity (Wildman–Crippen MR) is 110 cm³/mol.